The third-order valence-corrected chi connectivity index (χ3v) is 5.48. The Balaban J connectivity index is 1.75. The van der Waals surface area contributed by atoms with Crippen molar-refractivity contribution < 1.29 is 14.3 Å². The number of hydrogen-bond donors (Lipinski definition) is 1. The minimum atomic E-state index is -0.519. The average Bonchev–Trinajstić information content (AvgIpc) is 3.16. The Morgan fingerprint density at radius 3 is 2.09 bits per heavy atom. The summed E-state index contributed by atoms with van der Waals surface area (Å²) in [6.07, 6.45) is 1.73. The normalized spacial score (nSPS) is 14.4. The smallest absolute Gasteiger partial charge is 0.341 e. The monoisotopic (exact) mass is 438 g/mol. The first kappa shape index (κ1) is 22.1. The van der Waals surface area contributed by atoms with Crippen molar-refractivity contribution >= 4 is 29.3 Å². The minimum Gasteiger partial charge on any atom is -0.462 e. The van der Waals surface area contributed by atoms with E-state index >= 15 is 0 Å². The highest BCUT2D eigenvalue weighted by atomic mass is 16.5. The largest absolute Gasteiger partial charge is 0.462 e. The summed E-state index contributed by atoms with van der Waals surface area (Å²) < 4.78 is 5.30. The molecule has 4 rings (SSSR count). The maximum absolute atomic E-state index is 12.9. The van der Waals surface area contributed by atoms with Crippen molar-refractivity contribution in [3.05, 3.63) is 101 Å². The van der Waals surface area contributed by atoms with E-state index in [0.29, 0.717) is 11.3 Å². The van der Waals surface area contributed by atoms with Gasteiger partial charge in [-0.05, 0) is 47.4 Å². The molecule has 166 valence electrons. The van der Waals surface area contributed by atoms with Crippen LogP contribution in [-0.2, 0) is 14.3 Å². The highest BCUT2D eigenvalue weighted by Gasteiger charge is 2.33. The summed E-state index contributed by atoms with van der Waals surface area (Å²) in [4.78, 5) is 27.8. The van der Waals surface area contributed by atoms with Crippen molar-refractivity contribution in [2.24, 2.45) is 0 Å². The molecule has 5 nitrogen and oxygen atoms in total. The van der Waals surface area contributed by atoms with E-state index in [1.54, 1.807) is 13.0 Å². The summed E-state index contributed by atoms with van der Waals surface area (Å²) >= 11 is 0. The van der Waals surface area contributed by atoms with Crippen LogP contribution in [0.2, 0.25) is 0 Å². The Morgan fingerprint density at radius 2 is 1.48 bits per heavy atom. The van der Waals surface area contributed by atoms with E-state index in [0.717, 1.165) is 27.9 Å². The molecule has 3 aromatic carbocycles. The maximum Gasteiger partial charge on any atom is 0.341 e. The van der Waals surface area contributed by atoms with Gasteiger partial charge in [-0.15, -0.1) is 0 Å². The predicted octanol–water partition coefficient (Wildman–Crippen LogP) is 4.91. The molecule has 0 unspecified atom stereocenters. The summed E-state index contributed by atoms with van der Waals surface area (Å²) in [6.45, 7) is 1.97. The van der Waals surface area contributed by atoms with E-state index in [-0.39, 0.29) is 18.1 Å². The Kier molecular flexibility index (Phi) is 6.41. The van der Waals surface area contributed by atoms with Gasteiger partial charge in [-0.3, -0.25) is 4.79 Å². The molecule has 1 amide bonds. The second-order valence-corrected chi connectivity index (χ2v) is 7.91. The number of benzene rings is 3. The number of anilines is 1. The van der Waals surface area contributed by atoms with Gasteiger partial charge in [-0.25, -0.2) is 4.79 Å². The second-order valence-electron chi connectivity index (χ2n) is 7.91. The molecule has 0 saturated carbocycles. The lowest BCUT2D eigenvalue weighted by Gasteiger charge is -2.12. The Hall–Kier alpha value is -4.12. The molecule has 1 aliphatic heterocycles. The van der Waals surface area contributed by atoms with Gasteiger partial charge in [-0.2, -0.15) is 0 Å². The van der Waals surface area contributed by atoms with Crippen LogP contribution in [0.1, 0.15) is 18.1 Å². The summed E-state index contributed by atoms with van der Waals surface area (Å²) in [7, 11) is 3.93. The summed E-state index contributed by atoms with van der Waals surface area (Å²) in [6, 6.07) is 25.6. The average molecular weight is 439 g/mol. The van der Waals surface area contributed by atoms with Gasteiger partial charge in [0.25, 0.3) is 5.91 Å². The van der Waals surface area contributed by atoms with E-state index in [1.807, 2.05) is 97.9 Å². The molecule has 1 N–H and O–H groups in total. The predicted molar refractivity (Wildman–Crippen MR) is 132 cm³/mol. The third kappa shape index (κ3) is 4.72. The van der Waals surface area contributed by atoms with Crippen LogP contribution in [0.4, 0.5) is 5.69 Å². The van der Waals surface area contributed by atoms with Gasteiger partial charge in [0, 0.05) is 19.8 Å². The van der Waals surface area contributed by atoms with E-state index in [1.165, 1.54) is 0 Å². The number of ether oxygens (including phenoxy) is 1. The highest BCUT2D eigenvalue weighted by Crippen LogP contribution is 2.32. The maximum atomic E-state index is 12.9. The number of nitrogens with one attached hydrogen (secondary N) is 1. The first-order valence-electron chi connectivity index (χ1n) is 10.9. The van der Waals surface area contributed by atoms with Crippen molar-refractivity contribution in [2.45, 2.75) is 6.92 Å². The molecule has 0 atom stereocenters. The lowest BCUT2D eigenvalue weighted by atomic mass is 9.99. The molecule has 0 spiro atoms. The molecule has 0 aromatic heterocycles. The van der Waals surface area contributed by atoms with Crippen LogP contribution < -0.4 is 10.2 Å². The highest BCUT2D eigenvalue weighted by molar-refractivity contribution is 6.23. The Labute approximate surface area is 194 Å². The quantitative estimate of drug-likeness (QED) is 0.439. The number of carbonyl (C=O) groups excluding carboxylic acids is 2. The number of esters is 1. The van der Waals surface area contributed by atoms with Crippen LogP contribution in [0.15, 0.2) is 90.0 Å². The number of nitrogens with zero attached hydrogens (tertiary/aromatic N) is 1. The summed E-state index contributed by atoms with van der Waals surface area (Å²) in [5.41, 5.74) is 5.80. The van der Waals surface area contributed by atoms with Crippen molar-refractivity contribution in [1.82, 2.24) is 5.32 Å². The zero-order valence-corrected chi connectivity index (χ0v) is 19.0. The van der Waals surface area contributed by atoms with Crippen molar-refractivity contribution in [3.63, 3.8) is 0 Å². The van der Waals surface area contributed by atoms with Gasteiger partial charge >= 0.3 is 5.97 Å². The van der Waals surface area contributed by atoms with E-state index < -0.39 is 5.97 Å². The van der Waals surface area contributed by atoms with Crippen molar-refractivity contribution in [2.75, 3.05) is 25.6 Å². The van der Waals surface area contributed by atoms with Crippen LogP contribution in [-0.4, -0.2) is 32.6 Å². The molecule has 5 heteroatoms. The molecule has 1 heterocycles. The molecule has 0 fully saturated rings. The topological polar surface area (TPSA) is 58.6 Å². The van der Waals surface area contributed by atoms with Gasteiger partial charge in [0.05, 0.1) is 23.5 Å². The van der Waals surface area contributed by atoms with E-state index in [2.05, 4.69) is 5.32 Å². The lowest BCUT2D eigenvalue weighted by Crippen LogP contribution is -2.15. The van der Waals surface area contributed by atoms with Crippen LogP contribution in [0.25, 0.3) is 22.9 Å². The second kappa shape index (κ2) is 9.57. The Bertz CT molecular complexity index is 1220. The fourth-order valence-corrected chi connectivity index (χ4v) is 3.76. The Morgan fingerprint density at radius 1 is 0.879 bits per heavy atom. The van der Waals surface area contributed by atoms with Gasteiger partial charge in [-0.1, -0.05) is 66.7 Å². The van der Waals surface area contributed by atoms with Crippen LogP contribution >= 0.6 is 0 Å². The van der Waals surface area contributed by atoms with E-state index in [4.69, 9.17) is 4.74 Å². The van der Waals surface area contributed by atoms with Crippen LogP contribution in [0.3, 0.4) is 0 Å². The van der Waals surface area contributed by atoms with Crippen LogP contribution in [0, 0.1) is 0 Å². The summed E-state index contributed by atoms with van der Waals surface area (Å²) in [5.74, 6) is -0.842. The molecular formula is C28H26N2O3. The van der Waals surface area contributed by atoms with Crippen molar-refractivity contribution in [1.29, 1.82) is 0 Å². The molecule has 33 heavy (non-hydrogen) atoms. The first-order valence-corrected chi connectivity index (χ1v) is 10.9. The molecular weight excluding hydrogens is 412 g/mol. The standard InChI is InChI=1S/C28H26N2O3/c1-4-33-28(32)25-24(18-19-10-16-23(17-11-19)30(2)3)27(31)29-26(25)22-14-12-21(13-15-22)20-8-6-5-7-9-20/h5-18H,4H2,1-3H3,(H,29,31)/b24-18-. The zero-order valence-electron chi connectivity index (χ0n) is 19.0. The van der Waals surface area contributed by atoms with Gasteiger partial charge in [0.1, 0.15) is 0 Å². The molecule has 0 aliphatic carbocycles. The number of amides is 1. The van der Waals surface area contributed by atoms with Gasteiger partial charge in [0.15, 0.2) is 0 Å². The first-order chi connectivity index (χ1) is 16.0. The fourth-order valence-electron chi connectivity index (χ4n) is 3.76. The minimum absolute atomic E-state index is 0.224. The lowest BCUT2D eigenvalue weighted by molar-refractivity contribution is -0.138. The molecule has 3 aromatic rings. The molecule has 0 bridgehead atoms. The molecule has 0 saturated heterocycles. The molecule has 0 radical (unpaired) electrons. The van der Waals surface area contributed by atoms with E-state index in [9.17, 15) is 9.59 Å². The van der Waals surface area contributed by atoms with Crippen LogP contribution in [0.5, 0.6) is 0 Å². The fraction of sp³-hybridized carbons (Fsp3) is 0.143. The number of hydrogen-bond acceptors (Lipinski definition) is 4. The zero-order chi connectivity index (χ0) is 23.4. The van der Waals surface area contributed by atoms with Crippen molar-refractivity contribution in [3.8, 4) is 11.1 Å². The number of rotatable bonds is 6. The molecule has 1 aliphatic rings. The van der Waals surface area contributed by atoms with Gasteiger partial charge in [0.2, 0.25) is 0 Å². The number of carbonyl (C=O) groups is 2. The van der Waals surface area contributed by atoms with Gasteiger partial charge < -0.3 is 15.0 Å². The third-order valence-electron chi connectivity index (χ3n) is 5.48. The summed E-state index contributed by atoms with van der Waals surface area (Å²) in [5, 5.41) is 2.88. The SMILES string of the molecule is CCOC(=O)C1=C(c2ccc(-c3ccccc3)cc2)NC(=O)/C1=C\c1ccc(N(C)C)cc1.